The highest BCUT2D eigenvalue weighted by Gasteiger charge is 2.18. The molecular formula is C40H23NS. The summed E-state index contributed by atoms with van der Waals surface area (Å²) in [5.41, 5.74) is 6.24. The van der Waals surface area contributed by atoms with E-state index in [1.54, 1.807) is 0 Å². The Kier molecular flexibility index (Phi) is 4.39. The van der Waals surface area contributed by atoms with Gasteiger partial charge in [0.2, 0.25) is 0 Å². The van der Waals surface area contributed by atoms with Crippen LogP contribution in [0, 0.1) is 0 Å². The summed E-state index contributed by atoms with van der Waals surface area (Å²) in [5, 5.41) is 13.2. The van der Waals surface area contributed by atoms with Gasteiger partial charge in [0.05, 0.1) is 11.0 Å². The molecule has 2 heteroatoms. The van der Waals surface area contributed by atoms with Crippen molar-refractivity contribution in [2.24, 2.45) is 0 Å². The largest absolute Gasteiger partial charge is 0.309 e. The molecule has 0 radical (unpaired) electrons. The molecule has 8 aromatic carbocycles. The van der Waals surface area contributed by atoms with Crippen molar-refractivity contribution in [2.75, 3.05) is 0 Å². The van der Waals surface area contributed by atoms with E-state index in [0.717, 1.165) is 0 Å². The lowest BCUT2D eigenvalue weighted by Crippen LogP contribution is -1.94. The maximum Gasteiger partial charge on any atom is 0.0634 e. The SMILES string of the molecule is c1cc2ccc3ccc(-c4ccc(-n5c6ccccc6c6ccc7sc8ccccc8c7c65)cc4)c4ccc(c1)c2c34. The zero-order chi connectivity index (χ0) is 27.4. The van der Waals surface area contributed by atoms with E-state index in [9.17, 15) is 0 Å². The molecule has 194 valence electrons. The molecule has 2 heterocycles. The Morgan fingerprint density at radius 2 is 1.10 bits per heavy atom. The number of benzene rings is 8. The van der Waals surface area contributed by atoms with E-state index in [2.05, 4.69) is 144 Å². The molecule has 0 bridgehead atoms. The number of rotatable bonds is 2. The lowest BCUT2D eigenvalue weighted by molar-refractivity contribution is 1.19. The van der Waals surface area contributed by atoms with Crippen LogP contribution < -0.4 is 0 Å². The number of aromatic nitrogens is 1. The fourth-order valence-electron chi connectivity index (χ4n) is 7.31. The maximum atomic E-state index is 2.47. The van der Waals surface area contributed by atoms with E-state index >= 15 is 0 Å². The van der Waals surface area contributed by atoms with Gasteiger partial charge >= 0.3 is 0 Å². The van der Waals surface area contributed by atoms with Crippen molar-refractivity contribution in [1.29, 1.82) is 0 Å². The number of fused-ring (bicyclic) bond motifs is 7. The van der Waals surface area contributed by atoms with Crippen molar-refractivity contribution in [2.45, 2.75) is 0 Å². The van der Waals surface area contributed by atoms with Gasteiger partial charge in [-0.3, -0.25) is 0 Å². The van der Waals surface area contributed by atoms with Crippen molar-refractivity contribution >= 4 is 85.6 Å². The van der Waals surface area contributed by atoms with Gasteiger partial charge in [0, 0.05) is 36.6 Å². The van der Waals surface area contributed by atoms with E-state index in [4.69, 9.17) is 0 Å². The summed E-state index contributed by atoms with van der Waals surface area (Å²) < 4.78 is 5.14. The van der Waals surface area contributed by atoms with E-state index < -0.39 is 0 Å². The fraction of sp³-hybridized carbons (Fsp3) is 0. The average molecular weight is 550 g/mol. The first-order valence-electron chi connectivity index (χ1n) is 14.4. The zero-order valence-electron chi connectivity index (χ0n) is 22.6. The molecule has 0 saturated carbocycles. The van der Waals surface area contributed by atoms with Gasteiger partial charge in [-0.2, -0.15) is 0 Å². The summed E-state index contributed by atoms with van der Waals surface area (Å²) in [7, 11) is 0. The highest BCUT2D eigenvalue weighted by Crippen LogP contribution is 2.44. The monoisotopic (exact) mass is 549 g/mol. The third-order valence-corrected chi connectivity index (χ3v) is 10.3. The first-order valence-corrected chi connectivity index (χ1v) is 15.3. The van der Waals surface area contributed by atoms with Crippen molar-refractivity contribution in [3.8, 4) is 16.8 Å². The minimum Gasteiger partial charge on any atom is -0.309 e. The van der Waals surface area contributed by atoms with Crippen LogP contribution in [0.4, 0.5) is 0 Å². The predicted molar refractivity (Wildman–Crippen MR) is 183 cm³/mol. The molecule has 10 rings (SSSR count). The molecule has 0 aliphatic rings. The van der Waals surface area contributed by atoms with Gasteiger partial charge in [-0.1, -0.05) is 109 Å². The Balaban J connectivity index is 1.23. The van der Waals surface area contributed by atoms with Crippen LogP contribution in [-0.2, 0) is 0 Å². The second-order valence-electron chi connectivity index (χ2n) is 11.3. The highest BCUT2D eigenvalue weighted by atomic mass is 32.1. The van der Waals surface area contributed by atoms with Gasteiger partial charge in [-0.25, -0.2) is 0 Å². The number of para-hydroxylation sites is 1. The third-order valence-electron chi connectivity index (χ3n) is 9.14. The molecule has 0 fully saturated rings. The number of thiophene rings is 1. The van der Waals surface area contributed by atoms with Gasteiger partial charge in [0.15, 0.2) is 0 Å². The lowest BCUT2D eigenvalue weighted by Gasteiger charge is -2.15. The van der Waals surface area contributed by atoms with Gasteiger partial charge in [-0.05, 0) is 73.8 Å². The Labute approximate surface area is 245 Å². The average Bonchev–Trinajstić information content (AvgIpc) is 3.59. The Hall–Kier alpha value is -5.18. The molecule has 0 spiro atoms. The molecule has 0 aliphatic heterocycles. The molecule has 0 aliphatic carbocycles. The maximum absolute atomic E-state index is 2.47. The molecule has 0 saturated heterocycles. The molecule has 10 aromatic rings. The molecular weight excluding hydrogens is 527 g/mol. The van der Waals surface area contributed by atoms with Gasteiger partial charge < -0.3 is 4.57 Å². The van der Waals surface area contributed by atoms with Crippen molar-refractivity contribution in [1.82, 2.24) is 4.57 Å². The third kappa shape index (κ3) is 2.92. The molecule has 0 atom stereocenters. The topological polar surface area (TPSA) is 4.93 Å². The van der Waals surface area contributed by atoms with Crippen LogP contribution in [0.3, 0.4) is 0 Å². The second kappa shape index (κ2) is 8.19. The van der Waals surface area contributed by atoms with Crippen LogP contribution in [0.1, 0.15) is 0 Å². The number of nitrogens with zero attached hydrogens (tertiary/aromatic N) is 1. The first-order chi connectivity index (χ1) is 20.8. The number of hydrogen-bond acceptors (Lipinski definition) is 1. The van der Waals surface area contributed by atoms with Crippen LogP contribution in [0.15, 0.2) is 140 Å². The van der Waals surface area contributed by atoms with Crippen LogP contribution in [0.2, 0.25) is 0 Å². The fourth-order valence-corrected chi connectivity index (χ4v) is 8.42. The molecule has 2 aromatic heterocycles. The molecule has 0 N–H and O–H groups in total. The summed E-state index contributed by atoms with van der Waals surface area (Å²) in [6.07, 6.45) is 0. The van der Waals surface area contributed by atoms with E-state index in [-0.39, 0.29) is 0 Å². The first kappa shape index (κ1) is 22.5. The standard InChI is InChI=1S/C40H23NS/c1-3-10-34-30(8-1)32-22-23-36-39(33-9-2-4-11-35(33)42-36)40(32)41(34)28-18-14-24(15-19-28)29-20-16-27-13-12-25-6-5-7-26-17-21-31(29)38(27)37(25)26/h1-23H. The molecule has 0 amide bonds. The quantitative estimate of drug-likeness (QED) is 0.189. The predicted octanol–water partition coefficient (Wildman–Crippen LogP) is 11.7. The zero-order valence-corrected chi connectivity index (χ0v) is 23.5. The van der Waals surface area contributed by atoms with Gasteiger partial charge in [0.25, 0.3) is 0 Å². The van der Waals surface area contributed by atoms with E-state index in [1.807, 2.05) is 11.3 Å². The van der Waals surface area contributed by atoms with E-state index in [1.165, 1.54) is 91.1 Å². The van der Waals surface area contributed by atoms with E-state index in [0.29, 0.717) is 0 Å². The molecule has 0 unspecified atom stereocenters. The highest BCUT2D eigenvalue weighted by molar-refractivity contribution is 7.26. The van der Waals surface area contributed by atoms with Crippen molar-refractivity contribution in [3.63, 3.8) is 0 Å². The summed E-state index contributed by atoms with van der Waals surface area (Å²) >= 11 is 1.88. The Bertz CT molecular complexity index is 2650. The minimum absolute atomic E-state index is 1.19. The van der Waals surface area contributed by atoms with Gasteiger partial charge in [0.1, 0.15) is 0 Å². The van der Waals surface area contributed by atoms with Crippen LogP contribution in [0.25, 0.3) is 91.1 Å². The van der Waals surface area contributed by atoms with Crippen molar-refractivity contribution in [3.05, 3.63) is 140 Å². The summed E-state index contributed by atoms with van der Waals surface area (Å²) in [5.74, 6) is 0. The molecule has 1 nitrogen and oxygen atoms in total. The van der Waals surface area contributed by atoms with Crippen LogP contribution in [-0.4, -0.2) is 4.57 Å². The lowest BCUT2D eigenvalue weighted by atomic mass is 9.90. The van der Waals surface area contributed by atoms with Crippen LogP contribution in [0.5, 0.6) is 0 Å². The second-order valence-corrected chi connectivity index (χ2v) is 12.4. The normalized spacial score (nSPS) is 12.3. The van der Waals surface area contributed by atoms with Crippen molar-refractivity contribution < 1.29 is 0 Å². The van der Waals surface area contributed by atoms with Gasteiger partial charge in [-0.15, -0.1) is 11.3 Å². The summed E-state index contributed by atoms with van der Waals surface area (Å²) in [6.45, 7) is 0. The van der Waals surface area contributed by atoms with Crippen LogP contribution >= 0.6 is 11.3 Å². The Morgan fingerprint density at radius 3 is 1.95 bits per heavy atom. The summed E-state index contributed by atoms with van der Waals surface area (Å²) in [6, 6.07) is 51.7. The molecule has 42 heavy (non-hydrogen) atoms. The smallest absolute Gasteiger partial charge is 0.0634 e. The number of hydrogen-bond donors (Lipinski definition) is 0. The minimum atomic E-state index is 1.19. The summed E-state index contributed by atoms with van der Waals surface area (Å²) in [4.78, 5) is 0. The Morgan fingerprint density at radius 1 is 0.405 bits per heavy atom.